The number of fused-ring (bicyclic) bond motifs is 1. The fourth-order valence-corrected chi connectivity index (χ4v) is 3.10. The van der Waals surface area contributed by atoms with Crippen LogP contribution in [0.25, 0.3) is 21.3 Å². The molecule has 1 aliphatic heterocycles. The highest BCUT2D eigenvalue weighted by molar-refractivity contribution is 7.18. The summed E-state index contributed by atoms with van der Waals surface area (Å²) in [7, 11) is 1.50. The van der Waals surface area contributed by atoms with Crippen LogP contribution in [0, 0.1) is 0 Å². The van der Waals surface area contributed by atoms with Crippen molar-refractivity contribution in [2.24, 2.45) is 5.16 Å². The molecule has 0 aromatic carbocycles. The maximum Gasteiger partial charge on any atom is 0.261 e. The Morgan fingerprint density at radius 1 is 1.29 bits per heavy atom. The number of hydrogen-bond donors (Lipinski definition) is 0. The molecule has 0 spiro atoms. The largest absolute Gasteiger partial charge is 0.475 e. The van der Waals surface area contributed by atoms with Crippen molar-refractivity contribution in [3.8, 4) is 27.2 Å². The van der Waals surface area contributed by atoms with Gasteiger partial charge in [0.2, 0.25) is 0 Å². The van der Waals surface area contributed by atoms with Crippen molar-refractivity contribution in [3.05, 3.63) is 36.4 Å². The number of rotatable bonds is 3. The van der Waals surface area contributed by atoms with Crippen LogP contribution in [0.15, 0.2) is 35.9 Å². The highest BCUT2D eigenvalue weighted by Gasteiger charge is 2.23. The van der Waals surface area contributed by atoms with Crippen LogP contribution >= 0.6 is 11.3 Å². The number of thiazole rings is 1. The van der Waals surface area contributed by atoms with Crippen LogP contribution < -0.4 is 4.74 Å². The first kappa shape index (κ1) is 14.6. The van der Waals surface area contributed by atoms with Crippen molar-refractivity contribution in [2.75, 3.05) is 13.7 Å². The zero-order valence-corrected chi connectivity index (χ0v) is 13.5. The van der Waals surface area contributed by atoms with Crippen molar-refractivity contribution < 1.29 is 9.57 Å². The van der Waals surface area contributed by atoms with E-state index in [0.717, 1.165) is 15.4 Å². The molecule has 4 heterocycles. The van der Waals surface area contributed by atoms with Gasteiger partial charge in [-0.15, -0.1) is 21.5 Å². The molecule has 1 aliphatic rings. The van der Waals surface area contributed by atoms with Crippen LogP contribution in [0.1, 0.15) is 12.1 Å². The van der Waals surface area contributed by atoms with Gasteiger partial charge in [-0.1, -0.05) is 5.16 Å². The monoisotopic (exact) mass is 340 g/mol. The van der Waals surface area contributed by atoms with Crippen LogP contribution in [-0.2, 0) is 4.84 Å². The molecule has 0 radical (unpaired) electrons. The maximum atomic E-state index is 5.47. The van der Waals surface area contributed by atoms with Gasteiger partial charge in [0.15, 0.2) is 11.5 Å². The summed E-state index contributed by atoms with van der Waals surface area (Å²) in [6.07, 6.45) is 5.84. The Kier molecular flexibility index (Phi) is 3.83. The third-order valence-corrected chi connectivity index (χ3v) is 4.39. The highest BCUT2D eigenvalue weighted by Crippen LogP contribution is 2.31. The van der Waals surface area contributed by atoms with E-state index in [0.29, 0.717) is 36.1 Å². The average molecular weight is 340 g/mol. The SMILES string of the molecule is CON=C1CCOc2nnc(-c3cnc(-c4cccnc4)s3)nc21. The van der Waals surface area contributed by atoms with Crippen LogP contribution in [0.3, 0.4) is 0 Å². The Bertz CT molecular complexity index is 896. The summed E-state index contributed by atoms with van der Waals surface area (Å²) in [6, 6.07) is 3.83. The number of pyridine rings is 1. The lowest BCUT2D eigenvalue weighted by atomic mass is 10.2. The molecule has 0 fully saturated rings. The molecule has 120 valence electrons. The topological polar surface area (TPSA) is 95.3 Å². The number of aromatic nitrogens is 5. The van der Waals surface area contributed by atoms with Crippen molar-refractivity contribution in [1.82, 2.24) is 25.1 Å². The second kappa shape index (κ2) is 6.28. The first-order chi connectivity index (χ1) is 11.8. The van der Waals surface area contributed by atoms with Gasteiger partial charge in [0, 0.05) is 30.6 Å². The lowest BCUT2D eigenvalue weighted by Crippen LogP contribution is -2.20. The minimum Gasteiger partial charge on any atom is -0.475 e. The number of nitrogens with zero attached hydrogens (tertiary/aromatic N) is 6. The van der Waals surface area contributed by atoms with E-state index in [1.54, 1.807) is 18.6 Å². The summed E-state index contributed by atoms with van der Waals surface area (Å²) in [5.41, 5.74) is 2.21. The third kappa shape index (κ3) is 2.69. The van der Waals surface area contributed by atoms with Gasteiger partial charge in [0.1, 0.15) is 17.8 Å². The van der Waals surface area contributed by atoms with Gasteiger partial charge < -0.3 is 9.57 Å². The first-order valence-electron chi connectivity index (χ1n) is 7.19. The Morgan fingerprint density at radius 3 is 3.08 bits per heavy atom. The summed E-state index contributed by atoms with van der Waals surface area (Å²) in [6.45, 7) is 0.483. The Hall–Kier alpha value is -2.94. The van der Waals surface area contributed by atoms with E-state index in [4.69, 9.17) is 9.57 Å². The second-order valence-corrected chi connectivity index (χ2v) is 5.91. The number of hydrogen-bond acceptors (Lipinski definition) is 9. The quantitative estimate of drug-likeness (QED) is 0.674. The zero-order valence-electron chi connectivity index (χ0n) is 12.7. The van der Waals surface area contributed by atoms with E-state index in [1.807, 2.05) is 12.1 Å². The van der Waals surface area contributed by atoms with Crippen molar-refractivity contribution in [1.29, 1.82) is 0 Å². The molecule has 3 aromatic rings. The number of ether oxygens (including phenoxy) is 1. The number of oxime groups is 1. The molecule has 9 heteroatoms. The molecule has 0 N–H and O–H groups in total. The lowest BCUT2D eigenvalue weighted by molar-refractivity contribution is 0.209. The lowest BCUT2D eigenvalue weighted by Gasteiger charge is -2.15. The molecule has 0 unspecified atom stereocenters. The van der Waals surface area contributed by atoms with Crippen molar-refractivity contribution in [2.45, 2.75) is 6.42 Å². The molecule has 3 aromatic heterocycles. The summed E-state index contributed by atoms with van der Waals surface area (Å²) < 4.78 is 5.47. The van der Waals surface area contributed by atoms with Gasteiger partial charge in [-0.05, 0) is 12.1 Å². The normalized spacial score (nSPS) is 15.0. The standard InChI is InChI=1S/C15H12N6O2S/c1-22-21-10-4-6-23-14-12(10)18-13(19-20-14)11-8-17-15(24-11)9-3-2-5-16-7-9/h2-3,5,7-8H,4,6H2,1H3. The molecule has 0 saturated heterocycles. The van der Waals surface area contributed by atoms with Crippen molar-refractivity contribution >= 4 is 17.0 Å². The smallest absolute Gasteiger partial charge is 0.261 e. The Morgan fingerprint density at radius 2 is 2.25 bits per heavy atom. The van der Waals surface area contributed by atoms with E-state index < -0.39 is 0 Å². The van der Waals surface area contributed by atoms with Crippen LogP contribution in [-0.4, -0.2) is 44.6 Å². The molecule has 0 atom stereocenters. The Labute approximate surface area is 141 Å². The van der Waals surface area contributed by atoms with Crippen LogP contribution in [0.2, 0.25) is 0 Å². The van der Waals surface area contributed by atoms with Gasteiger partial charge in [-0.2, -0.15) is 0 Å². The Balaban J connectivity index is 1.72. The molecule has 24 heavy (non-hydrogen) atoms. The maximum absolute atomic E-state index is 5.47. The van der Waals surface area contributed by atoms with Gasteiger partial charge >= 0.3 is 0 Å². The summed E-state index contributed by atoms with van der Waals surface area (Å²) in [5, 5.41) is 13.1. The predicted octanol–water partition coefficient (Wildman–Crippen LogP) is 2.19. The fourth-order valence-electron chi connectivity index (χ4n) is 2.27. The van der Waals surface area contributed by atoms with Crippen LogP contribution in [0.5, 0.6) is 5.88 Å². The van der Waals surface area contributed by atoms with Gasteiger partial charge in [0.05, 0.1) is 11.5 Å². The first-order valence-corrected chi connectivity index (χ1v) is 8.01. The molecule has 4 rings (SSSR count). The molecular weight excluding hydrogens is 328 g/mol. The summed E-state index contributed by atoms with van der Waals surface area (Å²) in [5.74, 6) is 0.855. The minimum atomic E-state index is 0.373. The zero-order chi connectivity index (χ0) is 16.4. The van der Waals surface area contributed by atoms with Gasteiger partial charge in [-0.3, -0.25) is 4.98 Å². The van der Waals surface area contributed by atoms with E-state index in [2.05, 4.69) is 30.3 Å². The fraction of sp³-hybridized carbons (Fsp3) is 0.200. The molecule has 0 saturated carbocycles. The minimum absolute atomic E-state index is 0.373. The van der Waals surface area contributed by atoms with Crippen LogP contribution in [0.4, 0.5) is 0 Å². The second-order valence-electron chi connectivity index (χ2n) is 4.88. The van der Waals surface area contributed by atoms with E-state index in [9.17, 15) is 0 Å². The van der Waals surface area contributed by atoms with Gasteiger partial charge in [-0.25, -0.2) is 9.97 Å². The third-order valence-electron chi connectivity index (χ3n) is 3.34. The molecular formula is C15H12N6O2S. The van der Waals surface area contributed by atoms with Gasteiger partial charge in [0.25, 0.3) is 5.88 Å². The molecule has 0 bridgehead atoms. The molecule has 8 nitrogen and oxygen atoms in total. The van der Waals surface area contributed by atoms with Crippen molar-refractivity contribution in [3.63, 3.8) is 0 Å². The van der Waals surface area contributed by atoms with E-state index in [-0.39, 0.29) is 0 Å². The van der Waals surface area contributed by atoms with E-state index in [1.165, 1.54) is 18.4 Å². The summed E-state index contributed by atoms with van der Waals surface area (Å²) in [4.78, 5) is 18.7. The predicted molar refractivity (Wildman–Crippen MR) is 87.8 cm³/mol. The molecule has 0 aliphatic carbocycles. The molecule has 0 amide bonds. The average Bonchev–Trinajstić information content (AvgIpc) is 3.13. The van der Waals surface area contributed by atoms with E-state index >= 15 is 0 Å². The summed E-state index contributed by atoms with van der Waals surface area (Å²) >= 11 is 1.48. The highest BCUT2D eigenvalue weighted by atomic mass is 32.1.